The number of thiophene rings is 1. The maximum Gasteiger partial charge on any atom is 0.344 e. The van der Waals surface area contributed by atoms with Crippen molar-refractivity contribution < 1.29 is 19.1 Å². The molecule has 0 spiro atoms. The Morgan fingerprint density at radius 3 is 2.12 bits per heavy atom. The van der Waals surface area contributed by atoms with Crippen LogP contribution in [0.3, 0.4) is 0 Å². The molecule has 0 amide bonds. The van der Waals surface area contributed by atoms with E-state index in [1.54, 1.807) is 41.8 Å². The first-order valence-corrected chi connectivity index (χ1v) is 8.11. The number of ketones is 2. The normalized spacial score (nSPS) is 12.5. The van der Waals surface area contributed by atoms with Gasteiger partial charge in [-0.3, -0.25) is 9.59 Å². The van der Waals surface area contributed by atoms with Gasteiger partial charge in [0, 0.05) is 22.3 Å². The van der Waals surface area contributed by atoms with E-state index in [1.807, 2.05) is 0 Å². The molecule has 0 unspecified atom stereocenters. The summed E-state index contributed by atoms with van der Waals surface area (Å²) in [6.07, 6.45) is 0. The number of rotatable bonds is 2. The lowest BCUT2D eigenvalue weighted by atomic mass is 9.83. The number of hydrogen-bond acceptors (Lipinski definition) is 5. The van der Waals surface area contributed by atoms with Crippen molar-refractivity contribution in [1.29, 1.82) is 0 Å². The number of carbonyl (C=O) groups is 3. The number of hydrogen-bond donors (Lipinski definition) is 0. The quantitative estimate of drug-likeness (QED) is 0.524. The topological polar surface area (TPSA) is 60.4 Å². The van der Waals surface area contributed by atoms with Gasteiger partial charge in [0.25, 0.3) is 0 Å². The van der Waals surface area contributed by atoms with Gasteiger partial charge in [-0.15, -0.1) is 11.3 Å². The molecule has 2 aromatic carbocycles. The summed E-state index contributed by atoms with van der Waals surface area (Å²) in [5, 5.41) is 2.28. The van der Waals surface area contributed by atoms with E-state index in [1.165, 1.54) is 29.5 Å². The third-order valence-electron chi connectivity index (χ3n) is 3.85. The van der Waals surface area contributed by atoms with Crippen LogP contribution in [-0.2, 0) is 0 Å². The molecule has 1 heterocycles. The van der Waals surface area contributed by atoms with Crippen molar-refractivity contribution >= 4 is 28.9 Å². The van der Waals surface area contributed by atoms with Gasteiger partial charge in [-0.25, -0.2) is 4.79 Å². The Hall–Kier alpha value is -3.05. The molecule has 0 atom stereocenters. The molecule has 3 aromatic rings. The molecular formula is C19H10O4S. The average Bonchev–Trinajstić information content (AvgIpc) is 3.12. The Labute approximate surface area is 141 Å². The summed E-state index contributed by atoms with van der Waals surface area (Å²) in [5.74, 6) is -1.02. The van der Waals surface area contributed by atoms with E-state index < -0.39 is 5.97 Å². The van der Waals surface area contributed by atoms with E-state index in [0.29, 0.717) is 21.8 Å². The highest BCUT2D eigenvalue weighted by molar-refractivity contribution is 7.11. The minimum Gasteiger partial charge on any atom is -0.412 e. The van der Waals surface area contributed by atoms with Gasteiger partial charge in [0.1, 0.15) is 0 Å². The van der Waals surface area contributed by atoms with Crippen LogP contribution in [0.25, 0.3) is 0 Å². The van der Waals surface area contributed by atoms with Gasteiger partial charge in [0.2, 0.25) is 0 Å². The maximum atomic E-state index is 12.6. The highest BCUT2D eigenvalue weighted by Gasteiger charge is 2.30. The number of benzene rings is 2. The van der Waals surface area contributed by atoms with Crippen molar-refractivity contribution in [3.8, 4) is 5.06 Å². The summed E-state index contributed by atoms with van der Waals surface area (Å²) in [6.45, 7) is 0. The Morgan fingerprint density at radius 1 is 0.792 bits per heavy atom. The van der Waals surface area contributed by atoms with E-state index >= 15 is 0 Å². The van der Waals surface area contributed by atoms with Crippen LogP contribution in [0.5, 0.6) is 5.06 Å². The number of ether oxygens (including phenoxy) is 1. The number of esters is 1. The first kappa shape index (κ1) is 14.5. The minimum absolute atomic E-state index is 0.210. The van der Waals surface area contributed by atoms with Gasteiger partial charge in [0.05, 0.1) is 5.56 Å². The minimum atomic E-state index is -0.556. The molecule has 0 fully saturated rings. The van der Waals surface area contributed by atoms with Crippen LogP contribution in [-0.4, -0.2) is 17.5 Å². The molecule has 0 saturated carbocycles. The molecule has 0 aliphatic heterocycles. The lowest BCUT2D eigenvalue weighted by Gasteiger charge is -2.17. The Balaban J connectivity index is 1.74. The molecule has 0 N–H and O–H groups in total. The van der Waals surface area contributed by atoms with E-state index in [9.17, 15) is 14.4 Å². The monoisotopic (exact) mass is 334 g/mol. The predicted molar refractivity (Wildman–Crippen MR) is 89.0 cm³/mol. The number of fused-ring (bicyclic) bond motifs is 2. The fourth-order valence-electron chi connectivity index (χ4n) is 2.70. The van der Waals surface area contributed by atoms with E-state index in [4.69, 9.17) is 4.74 Å². The van der Waals surface area contributed by atoms with Crippen molar-refractivity contribution in [1.82, 2.24) is 0 Å². The average molecular weight is 334 g/mol. The Morgan fingerprint density at radius 2 is 1.46 bits per heavy atom. The zero-order valence-corrected chi connectivity index (χ0v) is 13.1. The van der Waals surface area contributed by atoms with Crippen LogP contribution >= 0.6 is 11.3 Å². The van der Waals surface area contributed by atoms with Gasteiger partial charge in [-0.1, -0.05) is 24.3 Å². The van der Waals surface area contributed by atoms with Crippen LogP contribution < -0.4 is 4.74 Å². The summed E-state index contributed by atoms with van der Waals surface area (Å²) >= 11 is 1.30. The largest absolute Gasteiger partial charge is 0.412 e. The third kappa shape index (κ3) is 2.26. The van der Waals surface area contributed by atoms with Crippen molar-refractivity contribution in [3.05, 3.63) is 87.8 Å². The fourth-order valence-corrected chi connectivity index (χ4v) is 3.27. The van der Waals surface area contributed by atoms with Crippen molar-refractivity contribution in [2.75, 3.05) is 0 Å². The molecule has 4 rings (SSSR count). The van der Waals surface area contributed by atoms with Gasteiger partial charge < -0.3 is 4.74 Å². The van der Waals surface area contributed by atoms with Crippen LogP contribution in [0, 0.1) is 0 Å². The molecule has 24 heavy (non-hydrogen) atoms. The van der Waals surface area contributed by atoms with E-state index in [0.717, 1.165) is 0 Å². The molecule has 4 nitrogen and oxygen atoms in total. The lowest BCUT2D eigenvalue weighted by Crippen LogP contribution is -2.21. The zero-order chi connectivity index (χ0) is 16.7. The summed E-state index contributed by atoms with van der Waals surface area (Å²) in [7, 11) is 0. The highest BCUT2D eigenvalue weighted by Crippen LogP contribution is 2.28. The summed E-state index contributed by atoms with van der Waals surface area (Å²) in [4.78, 5) is 37.4. The standard InChI is InChI=1S/C19H10O4S/c20-17-12-4-1-2-5-13(12)18(21)15-10-11(7-8-14(15)17)19(22)23-16-6-3-9-24-16/h1-10H. The van der Waals surface area contributed by atoms with E-state index in [-0.39, 0.29) is 22.7 Å². The van der Waals surface area contributed by atoms with Gasteiger partial charge in [-0.2, -0.15) is 0 Å². The van der Waals surface area contributed by atoms with Gasteiger partial charge >= 0.3 is 5.97 Å². The van der Waals surface area contributed by atoms with Crippen LogP contribution in [0.2, 0.25) is 0 Å². The zero-order valence-electron chi connectivity index (χ0n) is 12.3. The smallest absolute Gasteiger partial charge is 0.344 e. The van der Waals surface area contributed by atoms with Gasteiger partial charge in [0.15, 0.2) is 16.6 Å². The molecule has 116 valence electrons. The molecule has 1 aromatic heterocycles. The summed E-state index contributed by atoms with van der Waals surface area (Å²) in [6, 6.07) is 14.6. The molecule has 0 bridgehead atoms. The SMILES string of the molecule is O=C(Oc1cccs1)c1ccc2c(c1)C(=O)c1ccccc1C2=O. The second-order valence-corrected chi connectivity index (χ2v) is 6.20. The lowest BCUT2D eigenvalue weighted by molar-refractivity contribution is 0.0740. The Bertz CT molecular complexity index is 986. The van der Waals surface area contributed by atoms with Crippen LogP contribution in [0.15, 0.2) is 60.0 Å². The molecule has 0 saturated heterocycles. The van der Waals surface area contributed by atoms with Crippen molar-refractivity contribution in [2.24, 2.45) is 0 Å². The van der Waals surface area contributed by atoms with Crippen molar-refractivity contribution in [3.63, 3.8) is 0 Å². The van der Waals surface area contributed by atoms with Crippen LogP contribution in [0.1, 0.15) is 42.2 Å². The molecule has 1 aliphatic rings. The molecule has 5 heteroatoms. The second-order valence-electron chi connectivity index (χ2n) is 5.29. The van der Waals surface area contributed by atoms with Gasteiger partial charge in [-0.05, 0) is 35.7 Å². The maximum absolute atomic E-state index is 12.6. The number of carbonyl (C=O) groups excluding carboxylic acids is 3. The second kappa shape index (κ2) is 5.54. The predicted octanol–water partition coefficient (Wildman–Crippen LogP) is 3.74. The molecule has 1 aliphatic carbocycles. The highest BCUT2D eigenvalue weighted by atomic mass is 32.1. The first-order valence-electron chi connectivity index (χ1n) is 7.23. The summed E-state index contributed by atoms with van der Waals surface area (Å²) in [5.41, 5.74) is 1.54. The summed E-state index contributed by atoms with van der Waals surface area (Å²) < 4.78 is 5.25. The third-order valence-corrected chi connectivity index (χ3v) is 4.59. The fraction of sp³-hybridized carbons (Fsp3) is 0. The van der Waals surface area contributed by atoms with E-state index in [2.05, 4.69) is 0 Å². The molecule has 0 radical (unpaired) electrons. The first-order chi connectivity index (χ1) is 11.6. The molecular weight excluding hydrogens is 324 g/mol. The Kier molecular flexibility index (Phi) is 3.36. The van der Waals surface area contributed by atoms with Crippen LogP contribution in [0.4, 0.5) is 0 Å². The van der Waals surface area contributed by atoms with Crippen molar-refractivity contribution in [2.45, 2.75) is 0 Å².